The second-order valence-corrected chi connectivity index (χ2v) is 2.89. The van der Waals surface area contributed by atoms with Crippen molar-refractivity contribution in [2.24, 2.45) is 5.10 Å². The second-order valence-electron chi connectivity index (χ2n) is 2.89. The molecule has 0 aromatic carbocycles. The Morgan fingerprint density at radius 1 is 1.60 bits per heavy atom. The van der Waals surface area contributed by atoms with Gasteiger partial charge in [0.2, 0.25) is 0 Å². The Morgan fingerprint density at radius 2 is 2.50 bits per heavy atom. The van der Waals surface area contributed by atoms with E-state index in [0.29, 0.717) is 6.17 Å². The predicted molar refractivity (Wildman–Crippen MR) is 39.6 cm³/mol. The van der Waals surface area contributed by atoms with Crippen LogP contribution in [0.4, 0.5) is 0 Å². The molecular weight excluding hydrogens is 128 g/mol. The van der Waals surface area contributed by atoms with Crippen molar-refractivity contribution in [3.05, 3.63) is 0 Å². The topological polar surface area (TPSA) is 30.9 Å². The number of hydrazone groups is 1. The van der Waals surface area contributed by atoms with Gasteiger partial charge in [0.15, 0.2) is 0 Å². The molecule has 0 aromatic heterocycles. The molecule has 2 rings (SSSR count). The van der Waals surface area contributed by atoms with Gasteiger partial charge in [-0.1, -0.05) is 0 Å². The first-order valence-electron chi connectivity index (χ1n) is 3.59. The highest BCUT2D eigenvalue weighted by Crippen LogP contribution is 2.06. The van der Waals surface area contributed by atoms with Gasteiger partial charge in [0, 0.05) is 19.6 Å². The van der Waals surface area contributed by atoms with Crippen molar-refractivity contribution in [1.82, 2.24) is 15.2 Å². The van der Waals surface area contributed by atoms with E-state index in [4.69, 9.17) is 0 Å². The van der Waals surface area contributed by atoms with Crippen molar-refractivity contribution in [1.29, 1.82) is 0 Å². The number of nitrogens with zero attached hydrogens (tertiary/aromatic N) is 3. The highest BCUT2D eigenvalue weighted by atomic mass is 15.5. The maximum atomic E-state index is 3.99. The summed E-state index contributed by atoms with van der Waals surface area (Å²) in [5.74, 6) is 0. The van der Waals surface area contributed by atoms with Gasteiger partial charge in [-0.3, -0.25) is 5.43 Å². The van der Waals surface area contributed by atoms with E-state index in [1.54, 1.807) is 0 Å². The fourth-order valence-corrected chi connectivity index (χ4v) is 1.38. The molecule has 4 heteroatoms. The zero-order valence-electron chi connectivity index (χ0n) is 6.12. The van der Waals surface area contributed by atoms with Crippen LogP contribution in [-0.4, -0.2) is 49.0 Å². The average Bonchev–Trinajstić information content (AvgIpc) is 2.33. The van der Waals surface area contributed by atoms with Gasteiger partial charge in [-0.25, -0.2) is 0 Å². The summed E-state index contributed by atoms with van der Waals surface area (Å²) in [6.07, 6.45) is 2.32. The fraction of sp³-hybridized carbons (Fsp3) is 0.833. The quantitative estimate of drug-likeness (QED) is 0.473. The minimum Gasteiger partial charge on any atom is -0.337 e. The summed E-state index contributed by atoms with van der Waals surface area (Å²) in [4.78, 5) is 4.54. The van der Waals surface area contributed by atoms with Crippen LogP contribution in [0.5, 0.6) is 0 Å². The molecule has 56 valence electrons. The van der Waals surface area contributed by atoms with E-state index in [1.807, 2.05) is 6.34 Å². The van der Waals surface area contributed by atoms with Gasteiger partial charge in [-0.15, -0.1) is 0 Å². The van der Waals surface area contributed by atoms with Crippen LogP contribution in [0.25, 0.3) is 0 Å². The summed E-state index contributed by atoms with van der Waals surface area (Å²) in [5, 5.41) is 3.99. The van der Waals surface area contributed by atoms with Crippen LogP contribution in [0.3, 0.4) is 0 Å². The first-order valence-corrected chi connectivity index (χ1v) is 3.59. The van der Waals surface area contributed by atoms with Gasteiger partial charge in [0.05, 0.1) is 0 Å². The average molecular weight is 140 g/mol. The molecule has 4 nitrogen and oxygen atoms in total. The van der Waals surface area contributed by atoms with E-state index in [2.05, 4.69) is 27.4 Å². The van der Waals surface area contributed by atoms with Crippen LogP contribution in [-0.2, 0) is 0 Å². The number of hydrogen-bond acceptors (Lipinski definition) is 4. The van der Waals surface area contributed by atoms with Crippen molar-refractivity contribution in [3.63, 3.8) is 0 Å². The lowest BCUT2D eigenvalue weighted by atomic mass is 10.3. The maximum absolute atomic E-state index is 3.99. The molecule has 2 heterocycles. The van der Waals surface area contributed by atoms with E-state index < -0.39 is 0 Å². The molecule has 0 radical (unpaired) electrons. The van der Waals surface area contributed by atoms with E-state index in [9.17, 15) is 0 Å². The summed E-state index contributed by atoms with van der Waals surface area (Å²) in [6, 6.07) is 0. The molecule has 1 N–H and O–H groups in total. The Morgan fingerprint density at radius 3 is 3.40 bits per heavy atom. The third-order valence-electron chi connectivity index (χ3n) is 2.05. The lowest BCUT2D eigenvalue weighted by molar-refractivity contribution is 0.148. The lowest BCUT2D eigenvalue weighted by Gasteiger charge is -2.34. The van der Waals surface area contributed by atoms with Crippen LogP contribution >= 0.6 is 0 Å². The molecule has 1 atom stereocenters. The van der Waals surface area contributed by atoms with E-state index in [-0.39, 0.29) is 0 Å². The van der Waals surface area contributed by atoms with Crippen molar-refractivity contribution >= 4 is 6.34 Å². The van der Waals surface area contributed by atoms with Gasteiger partial charge < -0.3 is 9.80 Å². The minimum atomic E-state index is 0.429. The molecule has 0 aromatic rings. The summed E-state index contributed by atoms with van der Waals surface area (Å²) < 4.78 is 0. The summed E-state index contributed by atoms with van der Waals surface area (Å²) in [7, 11) is 2.14. The predicted octanol–water partition coefficient (Wildman–Crippen LogP) is -0.894. The molecule has 1 unspecified atom stereocenters. The largest absolute Gasteiger partial charge is 0.337 e. The Labute approximate surface area is 60.5 Å². The van der Waals surface area contributed by atoms with Crippen LogP contribution < -0.4 is 5.43 Å². The third kappa shape index (κ3) is 0.844. The molecule has 1 saturated heterocycles. The molecular formula is C6H12N4. The first kappa shape index (κ1) is 5.97. The molecule has 0 spiro atoms. The number of hydrogen-bond donors (Lipinski definition) is 1. The summed E-state index contributed by atoms with van der Waals surface area (Å²) in [6.45, 7) is 3.31. The Balaban J connectivity index is 2.01. The number of nitrogens with one attached hydrogen (secondary N) is 1. The van der Waals surface area contributed by atoms with Crippen molar-refractivity contribution in [3.8, 4) is 0 Å². The zero-order valence-corrected chi connectivity index (χ0v) is 6.12. The van der Waals surface area contributed by atoms with Gasteiger partial charge in [0.25, 0.3) is 0 Å². The van der Waals surface area contributed by atoms with E-state index in [0.717, 1.165) is 19.6 Å². The Bertz CT molecular complexity index is 156. The molecule has 0 bridgehead atoms. The monoisotopic (exact) mass is 140 g/mol. The smallest absolute Gasteiger partial charge is 0.129 e. The fourth-order valence-electron chi connectivity index (χ4n) is 1.38. The molecule has 0 amide bonds. The van der Waals surface area contributed by atoms with Gasteiger partial charge in [-0.2, -0.15) is 5.10 Å². The highest BCUT2D eigenvalue weighted by Gasteiger charge is 2.25. The molecule has 0 aliphatic carbocycles. The van der Waals surface area contributed by atoms with Gasteiger partial charge in [0.1, 0.15) is 12.5 Å². The number of fused-ring (bicyclic) bond motifs is 1. The van der Waals surface area contributed by atoms with Crippen molar-refractivity contribution in [2.45, 2.75) is 6.17 Å². The highest BCUT2D eigenvalue weighted by molar-refractivity contribution is 5.57. The van der Waals surface area contributed by atoms with Crippen molar-refractivity contribution < 1.29 is 0 Å². The Kier molecular flexibility index (Phi) is 1.27. The standard InChI is InChI=1S/C6H12N4/c1-9-2-3-10-5-7-8-6(10)4-9/h5-6,8H,2-4H2,1H3. The normalized spacial score (nSPS) is 32.1. The summed E-state index contributed by atoms with van der Waals surface area (Å²) in [5.41, 5.74) is 3.04. The number of piperazine rings is 1. The maximum Gasteiger partial charge on any atom is 0.129 e. The molecule has 1 fully saturated rings. The molecule has 2 aliphatic heterocycles. The van der Waals surface area contributed by atoms with Crippen LogP contribution in [0.2, 0.25) is 0 Å². The van der Waals surface area contributed by atoms with E-state index >= 15 is 0 Å². The van der Waals surface area contributed by atoms with Crippen molar-refractivity contribution in [2.75, 3.05) is 26.7 Å². The number of likely N-dealkylation sites (N-methyl/N-ethyl adjacent to an activating group) is 1. The van der Waals surface area contributed by atoms with Crippen LogP contribution in [0.15, 0.2) is 5.10 Å². The van der Waals surface area contributed by atoms with Crippen LogP contribution in [0, 0.1) is 0 Å². The van der Waals surface area contributed by atoms with Gasteiger partial charge >= 0.3 is 0 Å². The molecule has 10 heavy (non-hydrogen) atoms. The van der Waals surface area contributed by atoms with Crippen LogP contribution in [0.1, 0.15) is 0 Å². The Hall–Kier alpha value is -0.770. The molecule has 2 aliphatic rings. The van der Waals surface area contributed by atoms with Gasteiger partial charge in [-0.05, 0) is 7.05 Å². The number of rotatable bonds is 0. The first-order chi connectivity index (χ1) is 4.86. The second kappa shape index (κ2) is 2.12. The third-order valence-corrected chi connectivity index (χ3v) is 2.05. The van der Waals surface area contributed by atoms with E-state index in [1.165, 1.54) is 0 Å². The SMILES string of the molecule is CN1CCN2C=NNC2C1. The lowest BCUT2D eigenvalue weighted by Crippen LogP contribution is -2.52. The summed E-state index contributed by atoms with van der Waals surface area (Å²) >= 11 is 0. The minimum absolute atomic E-state index is 0.429. The zero-order chi connectivity index (χ0) is 6.97. The molecule has 0 saturated carbocycles.